The van der Waals surface area contributed by atoms with Gasteiger partial charge in [0.25, 0.3) is 5.91 Å². The Labute approximate surface area is 178 Å². The van der Waals surface area contributed by atoms with Gasteiger partial charge in [-0.15, -0.1) is 0 Å². The molecule has 0 saturated carbocycles. The number of anilines is 1. The Balaban J connectivity index is 1.94. The molecule has 3 N–H and O–H groups in total. The lowest BCUT2D eigenvalue weighted by Gasteiger charge is -2.17. The molecule has 0 fully saturated rings. The molecule has 0 bridgehead atoms. The zero-order chi connectivity index (χ0) is 21.1. The van der Waals surface area contributed by atoms with Crippen molar-refractivity contribution >= 4 is 34.8 Å². The Morgan fingerprint density at radius 1 is 0.966 bits per heavy atom. The molecule has 1 atom stereocenters. The minimum Gasteiger partial charge on any atom is -0.345 e. The van der Waals surface area contributed by atoms with Crippen molar-refractivity contribution in [2.75, 3.05) is 5.32 Å². The molecule has 0 aliphatic heterocycles. The fraction of sp³-hybridized carbons (Fsp3) is 0.348. The average Bonchev–Trinajstić information content (AvgIpc) is 2.72. The van der Waals surface area contributed by atoms with Gasteiger partial charge in [0, 0.05) is 6.42 Å². The molecule has 0 spiro atoms. The molecular formula is C23H29N3O2S. The Hall–Kier alpha value is -2.73. The third kappa shape index (κ3) is 7.66. The van der Waals surface area contributed by atoms with E-state index < -0.39 is 0 Å². The van der Waals surface area contributed by atoms with E-state index in [0.29, 0.717) is 17.7 Å². The van der Waals surface area contributed by atoms with E-state index >= 15 is 0 Å². The highest BCUT2D eigenvalue weighted by molar-refractivity contribution is 7.80. The highest BCUT2D eigenvalue weighted by atomic mass is 32.1. The molecule has 0 radical (unpaired) electrons. The van der Waals surface area contributed by atoms with Crippen molar-refractivity contribution in [2.45, 2.75) is 52.0 Å². The quantitative estimate of drug-likeness (QED) is 0.403. The van der Waals surface area contributed by atoms with Crippen LogP contribution in [0, 0.1) is 0 Å². The molecule has 0 aliphatic rings. The zero-order valence-electron chi connectivity index (χ0n) is 17.0. The maximum absolute atomic E-state index is 12.8. The number of amides is 2. The van der Waals surface area contributed by atoms with Crippen molar-refractivity contribution in [3.8, 4) is 0 Å². The summed E-state index contributed by atoms with van der Waals surface area (Å²) in [6.07, 6.45) is 4.58. The Kier molecular flexibility index (Phi) is 9.31. The number of thiocarbonyl (C=S) groups is 1. The zero-order valence-corrected chi connectivity index (χ0v) is 17.9. The van der Waals surface area contributed by atoms with Crippen molar-refractivity contribution in [3.63, 3.8) is 0 Å². The minimum atomic E-state index is -0.210. The van der Waals surface area contributed by atoms with Gasteiger partial charge in [-0.05, 0) is 43.3 Å². The second-order valence-corrected chi connectivity index (χ2v) is 7.37. The van der Waals surface area contributed by atoms with Crippen LogP contribution in [0.3, 0.4) is 0 Å². The van der Waals surface area contributed by atoms with Gasteiger partial charge in [-0.1, -0.05) is 68.7 Å². The van der Waals surface area contributed by atoms with E-state index in [4.69, 9.17) is 12.2 Å². The van der Waals surface area contributed by atoms with Crippen LogP contribution >= 0.6 is 12.2 Å². The van der Waals surface area contributed by atoms with Crippen LogP contribution in [-0.2, 0) is 4.79 Å². The largest absolute Gasteiger partial charge is 0.345 e. The van der Waals surface area contributed by atoms with Gasteiger partial charge >= 0.3 is 0 Å². The summed E-state index contributed by atoms with van der Waals surface area (Å²) in [5, 5.41) is 8.86. The minimum absolute atomic E-state index is 0.113. The molecule has 29 heavy (non-hydrogen) atoms. The molecule has 2 aromatic carbocycles. The summed E-state index contributed by atoms with van der Waals surface area (Å²) in [6, 6.07) is 16.7. The molecule has 2 aromatic rings. The van der Waals surface area contributed by atoms with Crippen LogP contribution in [0.5, 0.6) is 0 Å². The van der Waals surface area contributed by atoms with Gasteiger partial charge in [0.05, 0.1) is 17.3 Å². The summed E-state index contributed by atoms with van der Waals surface area (Å²) in [5.74, 6) is -0.323. The fourth-order valence-corrected chi connectivity index (χ4v) is 3.17. The van der Waals surface area contributed by atoms with Gasteiger partial charge in [0.2, 0.25) is 5.91 Å². The number of rotatable bonds is 9. The van der Waals surface area contributed by atoms with Crippen molar-refractivity contribution in [1.29, 1.82) is 0 Å². The summed E-state index contributed by atoms with van der Waals surface area (Å²) in [4.78, 5) is 24.8. The topological polar surface area (TPSA) is 70.2 Å². The van der Waals surface area contributed by atoms with E-state index in [2.05, 4.69) is 22.9 Å². The number of hydrogen-bond acceptors (Lipinski definition) is 3. The van der Waals surface area contributed by atoms with Crippen LogP contribution < -0.4 is 16.0 Å². The van der Waals surface area contributed by atoms with Gasteiger partial charge in [0.1, 0.15) is 0 Å². The second-order valence-electron chi connectivity index (χ2n) is 6.96. The highest BCUT2D eigenvalue weighted by Gasteiger charge is 2.15. The van der Waals surface area contributed by atoms with Crippen LogP contribution in [0.2, 0.25) is 0 Å². The molecule has 0 aromatic heterocycles. The summed E-state index contributed by atoms with van der Waals surface area (Å²) >= 11 is 5.25. The summed E-state index contributed by atoms with van der Waals surface area (Å²) in [6.45, 7) is 4.07. The van der Waals surface area contributed by atoms with Gasteiger partial charge < -0.3 is 16.0 Å². The third-order valence-corrected chi connectivity index (χ3v) is 4.78. The summed E-state index contributed by atoms with van der Waals surface area (Å²) in [5.41, 5.74) is 2.05. The Morgan fingerprint density at radius 3 is 2.38 bits per heavy atom. The maximum Gasteiger partial charge on any atom is 0.253 e. The lowest BCUT2D eigenvalue weighted by molar-refractivity contribution is -0.119. The van der Waals surface area contributed by atoms with Crippen LogP contribution in [0.4, 0.5) is 5.69 Å². The smallest absolute Gasteiger partial charge is 0.253 e. The Morgan fingerprint density at radius 2 is 1.66 bits per heavy atom. The number of hydrogen-bond donors (Lipinski definition) is 3. The number of carbonyl (C=O) groups is 2. The molecule has 154 valence electrons. The molecule has 6 heteroatoms. The van der Waals surface area contributed by atoms with Gasteiger partial charge in [0.15, 0.2) is 5.11 Å². The predicted molar refractivity (Wildman–Crippen MR) is 122 cm³/mol. The molecule has 2 rings (SSSR count). The third-order valence-electron chi connectivity index (χ3n) is 4.58. The SMILES string of the molecule is CCCCCCC(=O)NC(=S)Nc1ccccc1C(=O)NC(C)c1ccccc1. The van der Waals surface area contributed by atoms with Crippen LogP contribution in [0.15, 0.2) is 54.6 Å². The summed E-state index contributed by atoms with van der Waals surface area (Å²) in [7, 11) is 0. The van der Waals surface area contributed by atoms with E-state index in [1.165, 1.54) is 0 Å². The standard InChI is InChI=1S/C23H29N3O2S/c1-3-4-5-9-16-21(27)26-23(29)25-20-15-11-10-14-19(20)22(28)24-17(2)18-12-7-6-8-13-18/h6-8,10-15,17H,3-5,9,16H2,1-2H3,(H,24,28)(H2,25,26,27,29). The molecule has 5 nitrogen and oxygen atoms in total. The lowest BCUT2D eigenvalue weighted by atomic mass is 10.1. The predicted octanol–water partition coefficient (Wildman–Crippen LogP) is 4.96. The first kappa shape index (κ1) is 22.6. The van der Waals surface area contributed by atoms with Crippen molar-refractivity contribution < 1.29 is 9.59 Å². The number of nitrogens with one attached hydrogen (secondary N) is 3. The van der Waals surface area contributed by atoms with Crippen molar-refractivity contribution in [1.82, 2.24) is 10.6 Å². The first-order valence-electron chi connectivity index (χ1n) is 10.1. The van der Waals surface area contributed by atoms with Crippen LogP contribution in [0.1, 0.15) is 67.9 Å². The number of carbonyl (C=O) groups excluding carboxylic acids is 2. The maximum atomic E-state index is 12.8. The van der Waals surface area contributed by atoms with Crippen molar-refractivity contribution in [2.24, 2.45) is 0 Å². The highest BCUT2D eigenvalue weighted by Crippen LogP contribution is 2.18. The molecule has 1 unspecified atom stereocenters. The van der Waals surface area contributed by atoms with Crippen molar-refractivity contribution in [3.05, 3.63) is 65.7 Å². The van der Waals surface area contributed by atoms with E-state index in [9.17, 15) is 9.59 Å². The number of unbranched alkanes of at least 4 members (excludes halogenated alkanes) is 3. The monoisotopic (exact) mass is 411 g/mol. The van der Waals surface area contributed by atoms with Gasteiger partial charge in [-0.2, -0.15) is 0 Å². The van der Waals surface area contributed by atoms with E-state index in [1.54, 1.807) is 18.2 Å². The molecule has 0 saturated heterocycles. The van der Waals surface area contributed by atoms with Crippen LogP contribution in [0.25, 0.3) is 0 Å². The van der Waals surface area contributed by atoms with Crippen LogP contribution in [-0.4, -0.2) is 16.9 Å². The first-order chi connectivity index (χ1) is 14.0. The second kappa shape index (κ2) is 12.0. The summed E-state index contributed by atoms with van der Waals surface area (Å²) < 4.78 is 0. The van der Waals surface area contributed by atoms with Gasteiger partial charge in [-0.25, -0.2) is 0 Å². The average molecular weight is 412 g/mol. The van der Waals surface area contributed by atoms with E-state index in [1.807, 2.05) is 43.3 Å². The molecule has 0 aliphatic carbocycles. The first-order valence-corrected chi connectivity index (χ1v) is 10.5. The number of para-hydroxylation sites is 1. The Bertz CT molecular complexity index is 824. The number of benzene rings is 2. The molecule has 2 amide bonds. The van der Waals surface area contributed by atoms with E-state index in [0.717, 1.165) is 31.2 Å². The van der Waals surface area contributed by atoms with Gasteiger partial charge in [-0.3, -0.25) is 9.59 Å². The normalized spacial score (nSPS) is 11.4. The molecule has 0 heterocycles. The van der Waals surface area contributed by atoms with E-state index in [-0.39, 0.29) is 23.0 Å². The fourth-order valence-electron chi connectivity index (χ4n) is 2.94. The molecular weight excluding hydrogens is 382 g/mol. The lowest BCUT2D eigenvalue weighted by Crippen LogP contribution is -2.35.